The maximum atomic E-state index is 12.1. The van der Waals surface area contributed by atoms with Gasteiger partial charge in [0.1, 0.15) is 5.75 Å². The van der Waals surface area contributed by atoms with Crippen LogP contribution in [0.4, 0.5) is 0 Å². The highest BCUT2D eigenvalue weighted by atomic mass is 127. The lowest BCUT2D eigenvalue weighted by Crippen LogP contribution is -2.42. The first-order valence-corrected chi connectivity index (χ1v) is 10.1. The van der Waals surface area contributed by atoms with Gasteiger partial charge >= 0.3 is 0 Å². The predicted octanol–water partition coefficient (Wildman–Crippen LogP) is 1.69. The van der Waals surface area contributed by atoms with Gasteiger partial charge in [-0.25, -0.2) is 12.7 Å². The molecule has 0 aliphatic heterocycles. The summed E-state index contributed by atoms with van der Waals surface area (Å²) < 4.78 is 31.1. The van der Waals surface area contributed by atoms with Gasteiger partial charge in [0.05, 0.1) is 12.9 Å². The largest absolute Gasteiger partial charge is 0.496 e. The normalized spacial score (nSPS) is 11.8. The summed E-state index contributed by atoms with van der Waals surface area (Å²) in [7, 11) is 0.0925. The first-order chi connectivity index (χ1) is 12.0. The van der Waals surface area contributed by atoms with Crippen molar-refractivity contribution in [3.05, 3.63) is 29.8 Å². The van der Waals surface area contributed by atoms with Crippen molar-refractivity contribution in [2.75, 3.05) is 46.1 Å². The van der Waals surface area contributed by atoms with Gasteiger partial charge in [0.25, 0.3) is 0 Å². The van der Waals surface area contributed by atoms with E-state index in [2.05, 4.69) is 15.6 Å². The van der Waals surface area contributed by atoms with Crippen molar-refractivity contribution in [3.63, 3.8) is 0 Å². The molecular formula is C17H31IN4O3S. The molecule has 0 amide bonds. The molecule has 0 spiro atoms. The Morgan fingerprint density at radius 2 is 1.77 bits per heavy atom. The Labute approximate surface area is 174 Å². The minimum atomic E-state index is -3.23. The quantitative estimate of drug-likeness (QED) is 0.292. The van der Waals surface area contributed by atoms with E-state index >= 15 is 0 Å². The van der Waals surface area contributed by atoms with Gasteiger partial charge in [-0.3, -0.25) is 4.99 Å². The lowest BCUT2D eigenvalue weighted by Gasteiger charge is -2.19. The van der Waals surface area contributed by atoms with Crippen molar-refractivity contribution in [2.24, 2.45) is 4.99 Å². The number of sulfonamides is 1. The van der Waals surface area contributed by atoms with Gasteiger partial charge in [0.2, 0.25) is 10.0 Å². The minimum Gasteiger partial charge on any atom is -0.496 e. The number of methoxy groups -OCH3 is 1. The van der Waals surface area contributed by atoms with Crippen molar-refractivity contribution in [3.8, 4) is 5.75 Å². The molecule has 150 valence electrons. The first kappa shape index (κ1) is 24.9. The standard InChI is InChI=1S/C17H30N4O3S.HI/c1-5-21(6-2)25(22,23)14-13-20-17(18-3)19-12-11-15-9-7-8-10-16(15)24-4;/h7-10H,5-6,11-14H2,1-4H3,(H2,18,19,20);1H. The second-order valence-electron chi connectivity index (χ2n) is 5.39. The fraction of sp³-hybridized carbons (Fsp3) is 0.588. The highest BCUT2D eigenvalue weighted by Crippen LogP contribution is 2.17. The number of aliphatic imine (C=N–C) groups is 1. The van der Waals surface area contributed by atoms with Crippen molar-refractivity contribution < 1.29 is 13.2 Å². The average Bonchev–Trinajstić information content (AvgIpc) is 2.61. The van der Waals surface area contributed by atoms with Crippen LogP contribution >= 0.6 is 24.0 Å². The Morgan fingerprint density at radius 1 is 1.15 bits per heavy atom. The van der Waals surface area contributed by atoms with Crippen LogP contribution in [0.15, 0.2) is 29.3 Å². The van der Waals surface area contributed by atoms with Crippen LogP contribution in [0.1, 0.15) is 19.4 Å². The number of nitrogens with one attached hydrogen (secondary N) is 2. The van der Waals surface area contributed by atoms with Crippen LogP contribution < -0.4 is 15.4 Å². The first-order valence-electron chi connectivity index (χ1n) is 8.52. The average molecular weight is 498 g/mol. The Kier molecular flexibility index (Phi) is 12.6. The van der Waals surface area contributed by atoms with E-state index in [1.165, 1.54) is 4.31 Å². The second-order valence-corrected chi connectivity index (χ2v) is 7.48. The summed E-state index contributed by atoms with van der Waals surface area (Å²) in [6, 6.07) is 7.86. The molecule has 26 heavy (non-hydrogen) atoms. The predicted molar refractivity (Wildman–Crippen MR) is 118 cm³/mol. The van der Waals surface area contributed by atoms with E-state index in [4.69, 9.17) is 4.74 Å². The summed E-state index contributed by atoms with van der Waals surface area (Å²) in [4.78, 5) is 4.12. The number of guanidine groups is 1. The van der Waals surface area contributed by atoms with Gasteiger partial charge in [-0.2, -0.15) is 0 Å². The van der Waals surface area contributed by atoms with Crippen molar-refractivity contribution in [1.29, 1.82) is 0 Å². The van der Waals surface area contributed by atoms with Gasteiger partial charge in [-0.15, -0.1) is 24.0 Å². The highest BCUT2D eigenvalue weighted by Gasteiger charge is 2.18. The maximum absolute atomic E-state index is 12.1. The van der Waals surface area contributed by atoms with E-state index in [1.54, 1.807) is 14.2 Å². The monoisotopic (exact) mass is 498 g/mol. The molecule has 0 atom stereocenters. The van der Waals surface area contributed by atoms with Crippen molar-refractivity contribution >= 4 is 40.0 Å². The van der Waals surface area contributed by atoms with E-state index < -0.39 is 10.0 Å². The van der Waals surface area contributed by atoms with Crippen molar-refractivity contribution in [2.45, 2.75) is 20.3 Å². The Morgan fingerprint density at radius 3 is 2.35 bits per heavy atom. The summed E-state index contributed by atoms with van der Waals surface area (Å²) in [5, 5.41) is 6.23. The van der Waals surface area contributed by atoms with E-state index in [1.807, 2.05) is 38.1 Å². The third-order valence-electron chi connectivity index (χ3n) is 3.85. The molecule has 0 radical (unpaired) electrons. The number of para-hydroxylation sites is 1. The van der Waals surface area contributed by atoms with Gasteiger partial charge < -0.3 is 15.4 Å². The highest BCUT2D eigenvalue weighted by molar-refractivity contribution is 14.0. The van der Waals surface area contributed by atoms with Crippen LogP contribution in [0.25, 0.3) is 0 Å². The lowest BCUT2D eigenvalue weighted by molar-refractivity contribution is 0.409. The summed E-state index contributed by atoms with van der Waals surface area (Å²) in [5.74, 6) is 1.49. The Balaban J connectivity index is 0.00000625. The zero-order valence-electron chi connectivity index (χ0n) is 16.0. The number of hydrogen-bond acceptors (Lipinski definition) is 4. The van der Waals surface area contributed by atoms with Crippen LogP contribution in [-0.2, 0) is 16.4 Å². The SMILES string of the molecule is CCN(CC)S(=O)(=O)CCNC(=NC)NCCc1ccccc1OC.I. The zero-order valence-corrected chi connectivity index (χ0v) is 19.1. The summed E-state index contributed by atoms with van der Waals surface area (Å²) in [6.07, 6.45) is 0.780. The smallest absolute Gasteiger partial charge is 0.215 e. The minimum absolute atomic E-state index is 0. The molecule has 0 aliphatic carbocycles. The zero-order chi connectivity index (χ0) is 18.7. The molecule has 0 saturated heterocycles. The molecule has 1 aromatic rings. The van der Waals surface area contributed by atoms with Gasteiger partial charge in [0.15, 0.2) is 5.96 Å². The number of halogens is 1. The molecule has 9 heteroatoms. The third kappa shape index (κ3) is 8.09. The Hall–Kier alpha value is -1.07. The molecule has 0 fully saturated rings. The Bertz CT molecular complexity index is 649. The van der Waals surface area contributed by atoms with Crippen LogP contribution in [-0.4, -0.2) is 64.8 Å². The number of benzene rings is 1. The van der Waals surface area contributed by atoms with Gasteiger partial charge in [-0.1, -0.05) is 32.0 Å². The molecule has 1 aromatic carbocycles. The van der Waals surface area contributed by atoms with Crippen molar-refractivity contribution in [1.82, 2.24) is 14.9 Å². The molecule has 0 saturated carbocycles. The van der Waals surface area contributed by atoms with E-state index in [-0.39, 0.29) is 29.7 Å². The summed E-state index contributed by atoms with van der Waals surface area (Å²) in [5.41, 5.74) is 1.11. The molecule has 0 heterocycles. The van der Waals surface area contributed by atoms with Gasteiger partial charge in [0, 0.05) is 33.2 Å². The third-order valence-corrected chi connectivity index (χ3v) is 5.88. The molecule has 0 unspecified atom stereocenters. The van der Waals surface area contributed by atoms with Crippen LogP contribution in [0.5, 0.6) is 5.75 Å². The van der Waals surface area contributed by atoms with Gasteiger partial charge in [-0.05, 0) is 18.1 Å². The summed E-state index contributed by atoms with van der Waals surface area (Å²) in [6.45, 7) is 5.64. The maximum Gasteiger partial charge on any atom is 0.215 e. The van der Waals surface area contributed by atoms with E-state index in [9.17, 15) is 8.42 Å². The molecule has 1 rings (SSSR count). The molecule has 0 aliphatic rings. The number of ether oxygens (including phenoxy) is 1. The fourth-order valence-electron chi connectivity index (χ4n) is 2.49. The molecule has 2 N–H and O–H groups in total. The fourth-order valence-corrected chi connectivity index (χ4v) is 3.90. The van der Waals surface area contributed by atoms with E-state index in [0.29, 0.717) is 32.1 Å². The molecule has 0 bridgehead atoms. The molecular weight excluding hydrogens is 467 g/mol. The lowest BCUT2D eigenvalue weighted by atomic mass is 10.1. The summed E-state index contributed by atoms with van der Waals surface area (Å²) >= 11 is 0. The van der Waals surface area contributed by atoms with Crippen LogP contribution in [0.2, 0.25) is 0 Å². The topological polar surface area (TPSA) is 83.0 Å². The second kappa shape index (κ2) is 13.2. The number of hydrogen-bond donors (Lipinski definition) is 2. The van der Waals surface area contributed by atoms with E-state index in [0.717, 1.165) is 17.7 Å². The molecule has 7 nitrogen and oxygen atoms in total. The van der Waals surface area contributed by atoms with Crippen LogP contribution in [0, 0.1) is 0 Å². The van der Waals surface area contributed by atoms with Crippen LogP contribution in [0.3, 0.4) is 0 Å². The number of rotatable bonds is 10. The molecule has 0 aromatic heterocycles. The number of nitrogens with zero attached hydrogens (tertiary/aromatic N) is 2.